The molecule has 1 unspecified atom stereocenters. The fourth-order valence-corrected chi connectivity index (χ4v) is 2.57. The van der Waals surface area contributed by atoms with Crippen LogP contribution in [-0.4, -0.2) is 29.8 Å². The van der Waals surface area contributed by atoms with Crippen LogP contribution < -0.4 is 5.32 Å². The highest BCUT2D eigenvalue weighted by Gasteiger charge is 2.06. The summed E-state index contributed by atoms with van der Waals surface area (Å²) in [6.45, 7) is 5.56. The van der Waals surface area contributed by atoms with E-state index >= 15 is 0 Å². The molecule has 0 aliphatic carbocycles. The number of aliphatic hydroxyl groups is 1. The van der Waals surface area contributed by atoms with E-state index in [1.807, 2.05) is 11.8 Å². The monoisotopic (exact) mass is 267 g/mol. The van der Waals surface area contributed by atoms with Gasteiger partial charge in [-0.15, -0.1) is 0 Å². The van der Waals surface area contributed by atoms with Crippen LogP contribution in [0, 0.1) is 0 Å². The first kappa shape index (κ1) is 15.5. The van der Waals surface area contributed by atoms with Crippen molar-refractivity contribution in [2.75, 3.05) is 18.6 Å². The molecule has 3 heteroatoms. The standard InChI is InChI=1S/C15H25NOS/c1-12(2)14-6-4-13(5-7-14)10-16-15(8-9-17)11-18-3/h4-7,12,15-17H,8-11H2,1-3H3. The maximum absolute atomic E-state index is 9.01. The van der Waals surface area contributed by atoms with Gasteiger partial charge in [-0.05, 0) is 29.7 Å². The van der Waals surface area contributed by atoms with Gasteiger partial charge in [0.05, 0.1) is 0 Å². The zero-order valence-corrected chi connectivity index (χ0v) is 12.5. The van der Waals surface area contributed by atoms with Gasteiger partial charge >= 0.3 is 0 Å². The zero-order valence-electron chi connectivity index (χ0n) is 11.6. The number of hydrogen-bond donors (Lipinski definition) is 2. The van der Waals surface area contributed by atoms with Gasteiger partial charge in [0.15, 0.2) is 0 Å². The van der Waals surface area contributed by atoms with Gasteiger partial charge in [-0.1, -0.05) is 38.1 Å². The Hall–Kier alpha value is -0.510. The average Bonchev–Trinajstić information content (AvgIpc) is 2.37. The maximum atomic E-state index is 9.01. The van der Waals surface area contributed by atoms with E-state index < -0.39 is 0 Å². The molecule has 0 aliphatic heterocycles. The first-order valence-electron chi connectivity index (χ1n) is 6.59. The highest BCUT2D eigenvalue weighted by molar-refractivity contribution is 7.98. The lowest BCUT2D eigenvalue weighted by Crippen LogP contribution is -2.31. The SMILES string of the molecule is CSCC(CCO)NCc1ccc(C(C)C)cc1. The van der Waals surface area contributed by atoms with Crippen LogP contribution in [0.2, 0.25) is 0 Å². The molecule has 0 aliphatic rings. The summed E-state index contributed by atoms with van der Waals surface area (Å²) < 4.78 is 0. The number of benzene rings is 1. The van der Waals surface area contributed by atoms with E-state index in [1.165, 1.54) is 11.1 Å². The molecule has 1 atom stereocenters. The van der Waals surface area contributed by atoms with Gasteiger partial charge in [0.2, 0.25) is 0 Å². The molecule has 0 amide bonds. The Bertz CT molecular complexity index is 318. The van der Waals surface area contributed by atoms with E-state index in [9.17, 15) is 0 Å². The Morgan fingerprint density at radius 1 is 1.22 bits per heavy atom. The first-order chi connectivity index (χ1) is 8.67. The molecule has 2 nitrogen and oxygen atoms in total. The van der Waals surface area contributed by atoms with Crippen LogP contribution in [0.1, 0.15) is 37.3 Å². The van der Waals surface area contributed by atoms with Gasteiger partial charge in [0.1, 0.15) is 0 Å². The molecule has 0 aromatic heterocycles. The molecule has 18 heavy (non-hydrogen) atoms. The van der Waals surface area contributed by atoms with Crippen molar-refractivity contribution < 1.29 is 5.11 Å². The van der Waals surface area contributed by atoms with Gasteiger partial charge in [0, 0.05) is 24.9 Å². The zero-order chi connectivity index (χ0) is 13.4. The van der Waals surface area contributed by atoms with Gasteiger partial charge in [-0.3, -0.25) is 0 Å². The van der Waals surface area contributed by atoms with Crippen molar-refractivity contribution in [3.8, 4) is 0 Å². The summed E-state index contributed by atoms with van der Waals surface area (Å²) in [6, 6.07) is 9.19. The Kier molecular flexibility index (Phi) is 7.40. The molecule has 1 aromatic rings. The molecule has 0 fully saturated rings. The number of aliphatic hydroxyl groups excluding tert-OH is 1. The Morgan fingerprint density at radius 2 is 1.89 bits per heavy atom. The van der Waals surface area contributed by atoms with Gasteiger partial charge in [0.25, 0.3) is 0 Å². The van der Waals surface area contributed by atoms with Crippen molar-refractivity contribution in [3.63, 3.8) is 0 Å². The molecule has 1 rings (SSSR count). The van der Waals surface area contributed by atoms with E-state index in [4.69, 9.17) is 5.11 Å². The molecule has 0 saturated carbocycles. The summed E-state index contributed by atoms with van der Waals surface area (Å²) in [5.74, 6) is 1.63. The average molecular weight is 267 g/mol. The van der Waals surface area contributed by atoms with Gasteiger partial charge in [-0.25, -0.2) is 0 Å². The molecule has 102 valence electrons. The van der Waals surface area contributed by atoms with Crippen molar-refractivity contribution in [1.29, 1.82) is 0 Å². The summed E-state index contributed by atoms with van der Waals surface area (Å²) in [5, 5.41) is 12.5. The predicted octanol–water partition coefficient (Wildman–Crippen LogP) is 3.01. The van der Waals surface area contributed by atoms with E-state index in [-0.39, 0.29) is 6.61 Å². The second kappa shape index (κ2) is 8.57. The van der Waals surface area contributed by atoms with Crippen LogP contribution in [0.3, 0.4) is 0 Å². The summed E-state index contributed by atoms with van der Waals surface area (Å²) in [5.41, 5.74) is 2.69. The number of nitrogens with one attached hydrogen (secondary N) is 1. The van der Waals surface area contributed by atoms with Gasteiger partial charge < -0.3 is 10.4 Å². The Morgan fingerprint density at radius 3 is 2.39 bits per heavy atom. The number of hydrogen-bond acceptors (Lipinski definition) is 3. The fourth-order valence-electron chi connectivity index (χ4n) is 1.88. The maximum Gasteiger partial charge on any atom is 0.0446 e. The van der Waals surface area contributed by atoms with Crippen molar-refractivity contribution in [1.82, 2.24) is 5.32 Å². The van der Waals surface area contributed by atoms with Crippen molar-refractivity contribution in [2.24, 2.45) is 0 Å². The second-order valence-electron chi connectivity index (χ2n) is 4.94. The van der Waals surface area contributed by atoms with Crippen LogP contribution in [0.15, 0.2) is 24.3 Å². The molecule has 0 spiro atoms. The highest BCUT2D eigenvalue weighted by Crippen LogP contribution is 2.14. The van der Waals surface area contributed by atoms with Crippen molar-refractivity contribution in [2.45, 2.75) is 38.8 Å². The molecular weight excluding hydrogens is 242 g/mol. The summed E-state index contributed by atoms with van der Waals surface area (Å²) in [4.78, 5) is 0. The van der Waals surface area contributed by atoms with Crippen LogP contribution in [0.4, 0.5) is 0 Å². The summed E-state index contributed by atoms with van der Waals surface area (Å²) in [6.07, 6.45) is 2.93. The Balaban J connectivity index is 2.46. The van der Waals surface area contributed by atoms with Crippen LogP contribution >= 0.6 is 11.8 Å². The van der Waals surface area contributed by atoms with E-state index in [1.54, 1.807) is 0 Å². The normalized spacial score (nSPS) is 12.9. The minimum atomic E-state index is 0.254. The number of thioether (sulfide) groups is 1. The molecule has 0 radical (unpaired) electrons. The Labute approximate surface area is 115 Å². The minimum Gasteiger partial charge on any atom is -0.396 e. The summed E-state index contributed by atoms with van der Waals surface area (Å²) >= 11 is 1.82. The lowest BCUT2D eigenvalue weighted by atomic mass is 10.0. The van der Waals surface area contributed by atoms with Crippen LogP contribution in [0.25, 0.3) is 0 Å². The molecule has 0 heterocycles. The van der Waals surface area contributed by atoms with Crippen molar-refractivity contribution in [3.05, 3.63) is 35.4 Å². The van der Waals surface area contributed by atoms with E-state index in [0.717, 1.165) is 18.7 Å². The lowest BCUT2D eigenvalue weighted by Gasteiger charge is -2.17. The molecule has 2 N–H and O–H groups in total. The predicted molar refractivity (Wildman–Crippen MR) is 81.2 cm³/mol. The minimum absolute atomic E-state index is 0.254. The van der Waals surface area contributed by atoms with Crippen LogP contribution in [0.5, 0.6) is 0 Å². The highest BCUT2D eigenvalue weighted by atomic mass is 32.2. The largest absolute Gasteiger partial charge is 0.396 e. The van der Waals surface area contributed by atoms with Gasteiger partial charge in [-0.2, -0.15) is 11.8 Å². The lowest BCUT2D eigenvalue weighted by molar-refractivity contribution is 0.270. The van der Waals surface area contributed by atoms with Crippen LogP contribution in [-0.2, 0) is 6.54 Å². The molecule has 0 saturated heterocycles. The smallest absolute Gasteiger partial charge is 0.0446 e. The third-order valence-corrected chi connectivity index (χ3v) is 3.82. The number of rotatable bonds is 8. The third kappa shape index (κ3) is 5.42. The molecule has 0 bridgehead atoms. The van der Waals surface area contributed by atoms with E-state index in [0.29, 0.717) is 12.0 Å². The third-order valence-electron chi connectivity index (χ3n) is 3.09. The quantitative estimate of drug-likeness (QED) is 0.759. The second-order valence-corrected chi connectivity index (χ2v) is 5.85. The van der Waals surface area contributed by atoms with Crippen molar-refractivity contribution >= 4 is 11.8 Å². The first-order valence-corrected chi connectivity index (χ1v) is 7.98. The molecule has 1 aromatic carbocycles. The topological polar surface area (TPSA) is 32.3 Å². The summed E-state index contributed by atoms with van der Waals surface area (Å²) in [7, 11) is 0. The molecular formula is C15H25NOS. The van der Waals surface area contributed by atoms with E-state index in [2.05, 4.69) is 49.7 Å². The fraction of sp³-hybridized carbons (Fsp3) is 0.600.